The van der Waals surface area contributed by atoms with Gasteiger partial charge in [0.05, 0.1) is 17.3 Å². The zero-order chi connectivity index (χ0) is 15.2. The van der Waals surface area contributed by atoms with Crippen molar-refractivity contribution in [3.8, 4) is 5.75 Å². The Labute approximate surface area is 135 Å². The van der Waals surface area contributed by atoms with Crippen LogP contribution in [0.1, 0.15) is 31.5 Å². The molecule has 2 aromatic rings. The van der Waals surface area contributed by atoms with Gasteiger partial charge in [-0.1, -0.05) is 35.3 Å². The lowest BCUT2D eigenvalue weighted by molar-refractivity contribution is 0.314. The molecule has 0 bridgehead atoms. The van der Waals surface area contributed by atoms with Crippen molar-refractivity contribution >= 4 is 23.2 Å². The molecular weight excluding hydrogens is 309 g/mol. The van der Waals surface area contributed by atoms with Gasteiger partial charge >= 0.3 is 0 Å². The summed E-state index contributed by atoms with van der Waals surface area (Å²) in [6.07, 6.45) is 4.43. The summed E-state index contributed by atoms with van der Waals surface area (Å²) < 4.78 is 7.57. The lowest BCUT2D eigenvalue weighted by Gasteiger charge is -2.13. The summed E-state index contributed by atoms with van der Waals surface area (Å²) in [6, 6.07) is 3.62. The molecule has 0 fully saturated rings. The topological polar surface area (TPSA) is 39.9 Å². The Morgan fingerprint density at radius 3 is 2.67 bits per heavy atom. The number of aryl methyl sites for hydroxylation is 3. The van der Waals surface area contributed by atoms with Crippen molar-refractivity contribution in [2.45, 2.75) is 39.7 Å². The number of halogens is 2. The summed E-state index contributed by atoms with van der Waals surface area (Å²) in [4.78, 5) is 0. The number of rotatable bonds is 7. The van der Waals surface area contributed by atoms with Crippen LogP contribution in [-0.4, -0.2) is 21.6 Å². The predicted molar refractivity (Wildman–Crippen MR) is 85.4 cm³/mol. The first-order chi connectivity index (χ1) is 10.1. The Kier molecular flexibility index (Phi) is 5.88. The fourth-order valence-corrected chi connectivity index (χ4v) is 2.63. The summed E-state index contributed by atoms with van der Waals surface area (Å²) in [5.41, 5.74) is 1.96. The monoisotopic (exact) mass is 327 g/mol. The predicted octanol–water partition coefficient (Wildman–Crippen LogP) is 4.18. The molecule has 0 unspecified atom stereocenters. The van der Waals surface area contributed by atoms with E-state index in [0.29, 0.717) is 16.7 Å². The van der Waals surface area contributed by atoms with Crippen molar-refractivity contribution in [1.29, 1.82) is 0 Å². The maximum absolute atomic E-state index is 6.24. The summed E-state index contributed by atoms with van der Waals surface area (Å²) in [7, 11) is 0. The van der Waals surface area contributed by atoms with Gasteiger partial charge in [0.1, 0.15) is 5.75 Å². The van der Waals surface area contributed by atoms with E-state index in [4.69, 9.17) is 27.9 Å². The van der Waals surface area contributed by atoms with Gasteiger partial charge in [0.25, 0.3) is 0 Å². The molecule has 1 aromatic heterocycles. The zero-order valence-electron chi connectivity index (χ0n) is 12.3. The van der Waals surface area contributed by atoms with Crippen LogP contribution in [-0.2, 0) is 19.4 Å². The number of ether oxygens (including phenoxy) is 1. The van der Waals surface area contributed by atoms with Crippen LogP contribution in [0.5, 0.6) is 5.75 Å². The molecule has 2 rings (SSSR count). The van der Waals surface area contributed by atoms with E-state index in [0.717, 1.165) is 42.8 Å². The van der Waals surface area contributed by atoms with E-state index in [2.05, 4.69) is 17.2 Å². The molecule has 0 aliphatic heterocycles. The molecular formula is C15H19Cl2N3O. The van der Waals surface area contributed by atoms with E-state index < -0.39 is 0 Å². The average Bonchev–Trinajstić information content (AvgIpc) is 2.92. The van der Waals surface area contributed by atoms with Gasteiger partial charge in [-0.2, -0.15) is 0 Å². The van der Waals surface area contributed by atoms with Gasteiger partial charge in [-0.3, -0.25) is 4.68 Å². The third-order valence-corrected chi connectivity index (χ3v) is 3.60. The van der Waals surface area contributed by atoms with E-state index in [-0.39, 0.29) is 0 Å². The van der Waals surface area contributed by atoms with Gasteiger partial charge in [-0.15, -0.1) is 5.10 Å². The quantitative estimate of drug-likeness (QED) is 0.765. The van der Waals surface area contributed by atoms with Gasteiger partial charge in [0.15, 0.2) is 0 Å². The molecule has 0 saturated carbocycles. The lowest BCUT2D eigenvalue weighted by Crippen LogP contribution is -2.01. The standard InChI is InChI=1S/C15H19Cl2N3O/c1-3-7-21-15-11(8-12(16)9-14(15)17)5-6-13-10-20(4-2)19-18-13/h8-10H,3-7H2,1-2H3. The van der Waals surface area contributed by atoms with Crippen LogP contribution in [0.3, 0.4) is 0 Å². The molecule has 0 amide bonds. The van der Waals surface area contributed by atoms with Crippen LogP contribution in [0.25, 0.3) is 0 Å². The Bertz CT molecular complexity index is 599. The molecule has 21 heavy (non-hydrogen) atoms. The van der Waals surface area contributed by atoms with E-state index in [9.17, 15) is 0 Å². The highest BCUT2D eigenvalue weighted by Crippen LogP contribution is 2.33. The summed E-state index contributed by atoms with van der Waals surface area (Å²) >= 11 is 12.3. The third kappa shape index (κ3) is 4.35. The molecule has 4 nitrogen and oxygen atoms in total. The molecule has 114 valence electrons. The molecule has 0 radical (unpaired) electrons. The fraction of sp³-hybridized carbons (Fsp3) is 0.467. The van der Waals surface area contributed by atoms with Gasteiger partial charge in [0.2, 0.25) is 0 Å². The second-order valence-electron chi connectivity index (χ2n) is 4.79. The average molecular weight is 328 g/mol. The molecule has 1 heterocycles. The van der Waals surface area contributed by atoms with Crippen molar-refractivity contribution in [3.05, 3.63) is 39.6 Å². The van der Waals surface area contributed by atoms with Crippen LogP contribution in [0.2, 0.25) is 10.0 Å². The first-order valence-electron chi connectivity index (χ1n) is 7.13. The highest BCUT2D eigenvalue weighted by atomic mass is 35.5. The number of hydrogen-bond donors (Lipinski definition) is 0. The van der Waals surface area contributed by atoms with Crippen LogP contribution in [0.4, 0.5) is 0 Å². The highest BCUT2D eigenvalue weighted by Gasteiger charge is 2.12. The van der Waals surface area contributed by atoms with Crippen LogP contribution in [0, 0.1) is 0 Å². The highest BCUT2D eigenvalue weighted by molar-refractivity contribution is 6.35. The first-order valence-corrected chi connectivity index (χ1v) is 7.89. The molecule has 0 saturated heterocycles. The van der Waals surface area contributed by atoms with Crippen molar-refractivity contribution in [2.75, 3.05) is 6.61 Å². The Balaban J connectivity index is 2.13. The second kappa shape index (κ2) is 7.66. The maximum atomic E-state index is 6.24. The number of hydrogen-bond acceptors (Lipinski definition) is 3. The van der Waals surface area contributed by atoms with Gasteiger partial charge in [-0.25, -0.2) is 0 Å². The van der Waals surface area contributed by atoms with E-state index in [1.807, 2.05) is 23.9 Å². The normalized spacial score (nSPS) is 10.9. The van der Waals surface area contributed by atoms with Gasteiger partial charge in [0, 0.05) is 17.8 Å². The number of aromatic nitrogens is 3. The Morgan fingerprint density at radius 2 is 2.00 bits per heavy atom. The number of nitrogens with zero attached hydrogens (tertiary/aromatic N) is 3. The van der Waals surface area contributed by atoms with Crippen LogP contribution < -0.4 is 4.74 Å². The van der Waals surface area contributed by atoms with E-state index in [1.54, 1.807) is 6.07 Å². The minimum atomic E-state index is 0.558. The third-order valence-electron chi connectivity index (χ3n) is 3.10. The summed E-state index contributed by atoms with van der Waals surface area (Å²) in [5.74, 6) is 0.728. The van der Waals surface area contributed by atoms with Crippen molar-refractivity contribution in [1.82, 2.24) is 15.0 Å². The molecule has 0 atom stereocenters. The SMILES string of the molecule is CCCOc1c(Cl)cc(Cl)cc1CCc1cn(CC)nn1. The van der Waals surface area contributed by atoms with E-state index in [1.165, 1.54) is 0 Å². The van der Waals surface area contributed by atoms with Crippen molar-refractivity contribution in [3.63, 3.8) is 0 Å². The second-order valence-corrected chi connectivity index (χ2v) is 5.63. The zero-order valence-corrected chi connectivity index (χ0v) is 13.8. The Morgan fingerprint density at radius 1 is 1.19 bits per heavy atom. The maximum Gasteiger partial charge on any atom is 0.141 e. The van der Waals surface area contributed by atoms with Crippen molar-refractivity contribution in [2.24, 2.45) is 0 Å². The number of benzene rings is 1. The van der Waals surface area contributed by atoms with Crippen LogP contribution in [0.15, 0.2) is 18.3 Å². The Hall–Kier alpha value is -1.26. The minimum absolute atomic E-state index is 0.558. The summed E-state index contributed by atoms with van der Waals surface area (Å²) in [6.45, 7) is 5.56. The first kappa shape index (κ1) is 16.1. The fourth-order valence-electron chi connectivity index (χ4n) is 2.04. The molecule has 0 spiro atoms. The largest absolute Gasteiger partial charge is 0.492 e. The van der Waals surface area contributed by atoms with Gasteiger partial charge in [-0.05, 0) is 43.9 Å². The smallest absolute Gasteiger partial charge is 0.141 e. The summed E-state index contributed by atoms with van der Waals surface area (Å²) in [5, 5.41) is 9.36. The molecule has 1 aromatic carbocycles. The minimum Gasteiger partial charge on any atom is -0.492 e. The van der Waals surface area contributed by atoms with E-state index >= 15 is 0 Å². The molecule has 0 aliphatic carbocycles. The lowest BCUT2D eigenvalue weighted by atomic mass is 10.1. The molecule has 6 heteroatoms. The van der Waals surface area contributed by atoms with Crippen LogP contribution >= 0.6 is 23.2 Å². The van der Waals surface area contributed by atoms with Gasteiger partial charge < -0.3 is 4.74 Å². The molecule has 0 N–H and O–H groups in total. The van der Waals surface area contributed by atoms with Crippen molar-refractivity contribution < 1.29 is 4.74 Å². The molecule has 0 aliphatic rings.